The monoisotopic (exact) mass is 421 g/mol. The molecule has 1 saturated heterocycles. The molecule has 2 aromatic rings. The largest absolute Gasteiger partial charge is 0.347 e. The minimum atomic E-state index is -3.61. The maximum atomic E-state index is 12.9. The average Bonchev–Trinajstić information content (AvgIpc) is 2.69. The van der Waals surface area contributed by atoms with Gasteiger partial charge in [-0.2, -0.15) is 4.31 Å². The molecule has 2 aromatic carbocycles. The molecule has 150 valence electrons. The Morgan fingerprint density at radius 3 is 2.21 bits per heavy atom. The van der Waals surface area contributed by atoms with Gasteiger partial charge in [0, 0.05) is 45.3 Å². The molecule has 1 heterocycles. The van der Waals surface area contributed by atoms with Gasteiger partial charge in [0.25, 0.3) is 0 Å². The van der Waals surface area contributed by atoms with Crippen LogP contribution in [0.5, 0.6) is 0 Å². The summed E-state index contributed by atoms with van der Waals surface area (Å²) < 4.78 is 27.3. The lowest BCUT2D eigenvalue weighted by atomic mass is 10.0. The van der Waals surface area contributed by atoms with E-state index in [2.05, 4.69) is 0 Å². The zero-order valence-corrected chi connectivity index (χ0v) is 17.5. The third kappa shape index (κ3) is 4.38. The quantitative estimate of drug-likeness (QED) is 0.744. The molecule has 3 rings (SSSR count). The molecule has 28 heavy (non-hydrogen) atoms. The van der Waals surface area contributed by atoms with Gasteiger partial charge in [0.05, 0.1) is 4.90 Å². The highest BCUT2D eigenvalue weighted by atomic mass is 35.5. The van der Waals surface area contributed by atoms with Crippen molar-refractivity contribution in [1.29, 1.82) is 0 Å². The van der Waals surface area contributed by atoms with Crippen LogP contribution in [0.4, 0.5) is 0 Å². The lowest BCUT2D eigenvalue weighted by molar-refractivity contribution is -0.135. The smallest absolute Gasteiger partial charge is 0.244 e. The number of carbonyl (C=O) groups excluding carboxylic acids is 1. The first-order valence-electron chi connectivity index (χ1n) is 9.06. The predicted molar refractivity (Wildman–Crippen MR) is 110 cm³/mol. The lowest BCUT2D eigenvalue weighted by Crippen LogP contribution is -2.52. The molecule has 0 radical (unpaired) electrons. The van der Waals surface area contributed by atoms with Crippen LogP contribution in [0.15, 0.2) is 59.5 Å². The van der Waals surface area contributed by atoms with Gasteiger partial charge < -0.3 is 4.90 Å². The van der Waals surface area contributed by atoms with E-state index in [0.717, 1.165) is 5.56 Å². The Morgan fingerprint density at radius 2 is 1.64 bits per heavy atom. The Labute approximate surface area is 171 Å². The highest BCUT2D eigenvalue weighted by Gasteiger charge is 2.35. The highest BCUT2D eigenvalue weighted by Crippen LogP contribution is 2.26. The summed E-state index contributed by atoms with van der Waals surface area (Å²) in [4.78, 5) is 16.6. The van der Waals surface area contributed by atoms with Crippen molar-refractivity contribution in [2.45, 2.75) is 10.9 Å². The fourth-order valence-corrected chi connectivity index (χ4v) is 5.09. The number of rotatable bonds is 5. The van der Waals surface area contributed by atoms with Crippen molar-refractivity contribution < 1.29 is 13.2 Å². The van der Waals surface area contributed by atoms with Gasteiger partial charge in [0.1, 0.15) is 6.04 Å². The predicted octanol–water partition coefficient (Wildman–Crippen LogP) is 2.48. The molecule has 1 aliphatic heterocycles. The molecular weight excluding hydrogens is 398 g/mol. The zero-order chi connectivity index (χ0) is 20.3. The van der Waals surface area contributed by atoms with Gasteiger partial charge >= 0.3 is 0 Å². The summed E-state index contributed by atoms with van der Waals surface area (Å²) in [6, 6.07) is 15.5. The molecule has 1 unspecified atom stereocenters. The molecule has 0 aromatic heterocycles. The third-order valence-electron chi connectivity index (χ3n) is 4.86. The van der Waals surface area contributed by atoms with Crippen LogP contribution in [-0.4, -0.2) is 68.7 Å². The van der Waals surface area contributed by atoms with E-state index in [1.54, 1.807) is 37.2 Å². The van der Waals surface area contributed by atoms with Crippen LogP contribution in [0.1, 0.15) is 11.6 Å². The minimum Gasteiger partial charge on any atom is -0.347 e. The van der Waals surface area contributed by atoms with Gasteiger partial charge in [-0.05, 0) is 23.8 Å². The van der Waals surface area contributed by atoms with Crippen LogP contribution in [0.25, 0.3) is 0 Å². The summed E-state index contributed by atoms with van der Waals surface area (Å²) in [7, 11) is -0.139. The number of hydrogen-bond donors (Lipinski definition) is 0. The van der Waals surface area contributed by atoms with Crippen molar-refractivity contribution in [3.63, 3.8) is 0 Å². The van der Waals surface area contributed by atoms with E-state index in [9.17, 15) is 13.2 Å². The van der Waals surface area contributed by atoms with Crippen molar-refractivity contribution in [1.82, 2.24) is 14.1 Å². The first kappa shape index (κ1) is 20.8. The van der Waals surface area contributed by atoms with Gasteiger partial charge in [0.15, 0.2) is 0 Å². The Hall–Kier alpha value is -1.93. The van der Waals surface area contributed by atoms with Crippen LogP contribution >= 0.6 is 11.6 Å². The number of likely N-dealkylation sites (N-methyl/N-ethyl adjacent to an activating group) is 1. The number of carbonyl (C=O) groups is 1. The van der Waals surface area contributed by atoms with E-state index in [1.807, 2.05) is 35.2 Å². The topological polar surface area (TPSA) is 60.9 Å². The van der Waals surface area contributed by atoms with Crippen molar-refractivity contribution in [2.24, 2.45) is 0 Å². The lowest BCUT2D eigenvalue weighted by Gasteiger charge is -2.39. The van der Waals surface area contributed by atoms with Crippen LogP contribution in [0.3, 0.4) is 0 Å². The zero-order valence-electron chi connectivity index (χ0n) is 16.0. The fraction of sp³-hybridized carbons (Fsp3) is 0.350. The summed E-state index contributed by atoms with van der Waals surface area (Å²) in [6.07, 6.45) is 0. The Kier molecular flexibility index (Phi) is 6.40. The molecule has 0 saturated carbocycles. The van der Waals surface area contributed by atoms with Crippen LogP contribution in [0, 0.1) is 0 Å². The maximum absolute atomic E-state index is 12.9. The fourth-order valence-electron chi connectivity index (χ4n) is 3.37. The molecule has 1 fully saturated rings. The molecule has 0 bridgehead atoms. The first-order valence-corrected chi connectivity index (χ1v) is 10.9. The second kappa shape index (κ2) is 8.61. The highest BCUT2D eigenvalue weighted by molar-refractivity contribution is 7.89. The van der Waals surface area contributed by atoms with Crippen LogP contribution < -0.4 is 0 Å². The van der Waals surface area contributed by atoms with Crippen molar-refractivity contribution in [3.05, 3.63) is 65.2 Å². The van der Waals surface area contributed by atoms with E-state index < -0.39 is 16.1 Å². The molecule has 8 heteroatoms. The van der Waals surface area contributed by atoms with Crippen LogP contribution in [0.2, 0.25) is 5.02 Å². The maximum Gasteiger partial charge on any atom is 0.244 e. The van der Waals surface area contributed by atoms with Gasteiger partial charge in [-0.1, -0.05) is 48.0 Å². The van der Waals surface area contributed by atoms with Gasteiger partial charge in [-0.3, -0.25) is 9.69 Å². The minimum absolute atomic E-state index is 0.0163. The van der Waals surface area contributed by atoms with Crippen molar-refractivity contribution in [2.75, 3.05) is 40.3 Å². The van der Waals surface area contributed by atoms with Crippen LogP contribution in [-0.2, 0) is 14.8 Å². The Bertz CT molecular complexity index is 927. The van der Waals surface area contributed by atoms with Crippen molar-refractivity contribution in [3.8, 4) is 0 Å². The summed E-state index contributed by atoms with van der Waals surface area (Å²) in [5.41, 5.74) is 0.910. The van der Waals surface area contributed by atoms with E-state index >= 15 is 0 Å². The summed E-state index contributed by atoms with van der Waals surface area (Å²) in [5, 5.41) is 0.389. The number of halogens is 1. The first-order chi connectivity index (χ1) is 13.3. The molecule has 1 amide bonds. The second-order valence-electron chi connectivity index (χ2n) is 6.94. The third-order valence-corrected chi connectivity index (χ3v) is 6.99. The molecule has 0 aliphatic carbocycles. The second-order valence-corrected chi connectivity index (χ2v) is 9.32. The van der Waals surface area contributed by atoms with Gasteiger partial charge in [-0.25, -0.2) is 8.42 Å². The number of benzene rings is 2. The number of nitrogens with zero attached hydrogens (tertiary/aromatic N) is 3. The molecule has 1 aliphatic rings. The number of piperazine rings is 1. The molecule has 6 nitrogen and oxygen atoms in total. The van der Waals surface area contributed by atoms with E-state index in [0.29, 0.717) is 31.2 Å². The normalized spacial score (nSPS) is 17.2. The average molecular weight is 422 g/mol. The number of hydrogen-bond acceptors (Lipinski definition) is 4. The van der Waals surface area contributed by atoms with Gasteiger partial charge in [0.2, 0.25) is 15.9 Å². The summed E-state index contributed by atoms with van der Waals surface area (Å²) in [5.74, 6) is -0.0163. The summed E-state index contributed by atoms with van der Waals surface area (Å²) >= 11 is 5.95. The molecule has 0 N–H and O–H groups in total. The molecular formula is C20H24ClN3O3S. The SMILES string of the molecule is CN(C)C(=O)C(c1ccccc1)N1CCN(S(=O)(=O)c2cccc(Cl)c2)CC1. The van der Waals surface area contributed by atoms with Crippen molar-refractivity contribution >= 4 is 27.5 Å². The molecule has 1 atom stereocenters. The Balaban J connectivity index is 1.78. The van der Waals surface area contributed by atoms with Gasteiger partial charge in [-0.15, -0.1) is 0 Å². The number of sulfonamides is 1. The Morgan fingerprint density at radius 1 is 1.00 bits per heavy atom. The molecule has 0 spiro atoms. The van der Waals surface area contributed by atoms with E-state index in [4.69, 9.17) is 11.6 Å². The summed E-state index contributed by atoms with van der Waals surface area (Å²) in [6.45, 7) is 1.58. The number of amides is 1. The standard InChI is InChI=1S/C20H24ClN3O3S/c1-22(2)20(25)19(16-7-4-3-5-8-16)23-11-13-24(14-12-23)28(26,27)18-10-6-9-17(21)15-18/h3-10,15,19H,11-14H2,1-2H3. The van der Waals surface area contributed by atoms with E-state index in [1.165, 1.54) is 10.4 Å². The van der Waals surface area contributed by atoms with E-state index in [-0.39, 0.29) is 10.8 Å².